The first-order valence-corrected chi connectivity index (χ1v) is 12.0. The molecule has 2 fully saturated rings. The fourth-order valence-corrected chi connectivity index (χ4v) is 8.18. The molecule has 0 amide bonds. The van der Waals surface area contributed by atoms with Crippen LogP contribution >= 0.6 is 0 Å². The van der Waals surface area contributed by atoms with Crippen molar-refractivity contribution in [1.29, 1.82) is 0 Å². The Labute approximate surface area is 195 Å². The summed E-state index contributed by atoms with van der Waals surface area (Å²) < 4.78 is 0. The van der Waals surface area contributed by atoms with Gasteiger partial charge in [-0.2, -0.15) is 0 Å². The highest BCUT2D eigenvalue weighted by Gasteiger charge is 2.69. The summed E-state index contributed by atoms with van der Waals surface area (Å²) in [4.78, 5) is 24.5. The number of hydrogen-bond donors (Lipinski definition) is 3. The average Bonchev–Trinajstić information content (AvgIpc) is 2.77. The van der Waals surface area contributed by atoms with Gasteiger partial charge >= 0.3 is 0 Å². The number of fused-ring (bicyclic) bond motifs is 7. The molecule has 0 aromatic heterocycles. The van der Waals surface area contributed by atoms with Crippen molar-refractivity contribution in [3.8, 4) is 11.5 Å². The number of ketones is 1. The third-order valence-corrected chi connectivity index (χ3v) is 10.7. The van der Waals surface area contributed by atoms with Gasteiger partial charge in [-0.25, -0.2) is 0 Å². The lowest BCUT2D eigenvalue weighted by Crippen LogP contribution is -2.66. The third-order valence-electron chi connectivity index (χ3n) is 10.7. The average molecular weight is 451 g/mol. The Bertz CT molecular complexity index is 1150. The Kier molecular flexibility index (Phi) is 4.47. The van der Waals surface area contributed by atoms with Crippen molar-refractivity contribution in [2.45, 2.75) is 66.4 Å². The minimum absolute atomic E-state index is 0.0256. The zero-order valence-electron chi connectivity index (χ0n) is 20.1. The highest BCUT2D eigenvalue weighted by atomic mass is 16.3. The van der Waals surface area contributed by atoms with E-state index in [9.17, 15) is 24.9 Å². The maximum Gasteiger partial charge on any atom is 0.168 e. The molecule has 7 atom stereocenters. The molecule has 0 heterocycles. The number of phenols is 2. The van der Waals surface area contributed by atoms with Crippen LogP contribution in [0.15, 0.2) is 18.2 Å². The summed E-state index contributed by atoms with van der Waals surface area (Å²) in [6, 6.07) is 1.58. The fraction of sp³-hybridized carbons (Fsp3) is 0.571. The van der Waals surface area contributed by atoms with E-state index in [1.807, 2.05) is 13.0 Å². The molecule has 0 saturated heterocycles. The fourth-order valence-electron chi connectivity index (χ4n) is 8.18. The first-order valence-electron chi connectivity index (χ1n) is 12.0. The van der Waals surface area contributed by atoms with E-state index in [-0.39, 0.29) is 50.9 Å². The highest BCUT2D eigenvalue weighted by Crippen LogP contribution is 2.75. The zero-order valence-corrected chi connectivity index (χ0v) is 20.1. The van der Waals surface area contributed by atoms with Gasteiger partial charge in [0, 0.05) is 16.7 Å². The molecular formula is C28H34O5. The maximum absolute atomic E-state index is 12.7. The molecule has 0 radical (unpaired) electrons. The summed E-state index contributed by atoms with van der Waals surface area (Å²) in [6.45, 7) is 10.9. The minimum atomic E-state index is -0.927. The van der Waals surface area contributed by atoms with Crippen molar-refractivity contribution in [3.05, 3.63) is 34.9 Å². The van der Waals surface area contributed by atoms with Gasteiger partial charge in [-0.05, 0) is 65.2 Å². The molecule has 2 saturated carbocycles. The first kappa shape index (κ1) is 22.4. The molecule has 4 aliphatic rings. The van der Waals surface area contributed by atoms with Crippen molar-refractivity contribution >= 4 is 23.7 Å². The lowest BCUT2D eigenvalue weighted by Gasteiger charge is -2.70. The van der Waals surface area contributed by atoms with E-state index in [0.717, 1.165) is 36.8 Å². The molecular weight excluding hydrogens is 416 g/mol. The number of aliphatic hydroxyl groups excluding tert-OH is 1. The molecule has 0 bridgehead atoms. The summed E-state index contributed by atoms with van der Waals surface area (Å²) in [6.07, 6.45) is 9.18. The van der Waals surface area contributed by atoms with E-state index in [0.29, 0.717) is 11.8 Å². The van der Waals surface area contributed by atoms with Crippen LogP contribution in [0.4, 0.5) is 0 Å². The van der Waals surface area contributed by atoms with E-state index < -0.39 is 11.5 Å². The summed E-state index contributed by atoms with van der Waals surface area (Å²) >= 11 is 0. The molecule has 0 spiro atoms. The molecule has 1 aromatic carbocycles. The Hall–Kier alpha value is -2.40. The molecule has 1 unspecified atom stereocenters. The van der Waals surface area contributed by atoms with Crippen LogP contribution in [0.25, 0.3) is 11.6 Å². The van der Waals surface area contributed by atoms with Crippen molar-refractivity contribution in [1.82, 2.24) is 0 Å². The monoisotopic (exact) mass is 450 g/mol. The first-order chi connectivity index (χ1) is 15.4. The van der Waals surface area contributed by atoms with E-state index in [4.69, 9.17) is 0 Å². The second-order valence-electron chi connectivity index (χ2n) is 11.8. The maximum atomic E-state index is 12.7. The Balaban J connectivity index is 1.71. The van der Waals surface area contributed by atoms with Crippen LogP contribution in [0.1, 0.15) is 81.8 Å². The predicted octanol–water partition coefficient (Wildman–Crippen LogP) is 5.13. The van der Waals surface area contributed by atoms with Gasteiger partial charge in [-0.3, -0.25) is 9.59 Å². The second-order valence-corrected chi connectivity index (χ2v) is 11.8. The number of aromatic hydroxyl groups is 2. The Morgan fingerprint density at radius 3 is 2.48 bits per heavy atom. The van der Waals surface area contributed by atoms with Crippen LogP contribution in [0, 0.1) is 33.5 Å². The molecule has 176 valence electrons. The number of rotatable bonds is 1. The van der Waals surface area contributed by atoms with E-state index in [1.165, 1.54) is 0 Å². The number of aliphatic hydroxyl groups is 1. The van der Waals surface area contributed by atoms with Gasteiger partial charge in [0.15, 0.2) is 23.6 Å². The molecule has 5 rings (SSSR count). The normalized spacial score (nSPS) is 43.6. The van der Waals surface area contributed by atoms with Gasteiger partial charge in [0.1, 0.15) is 6.10 Å². The van der Waals surface area contributed by atoms with Crippen molar-refractivity contribution in [3.63, 3.8) is 0 Å². The predicted molar refractivity (Wildman–Crippen MR) is 127 cm³/mol. The Morgan fingerprint density at radius 1 is 1.12 bits per heavy atom. The second kappa shape index (κ2) is 6.59. The number of aldehydes is 1. The molecule has 33 heavy (non-hydrogen) atoms. The molecule has 3 N–H and O–H groups in total. The standard InChI is InChI=1S/C28H34O5/c1-15-12-21-25(2,24(33)22(15)31)10-11-28(5)26(3)8-6-16-17(19(26)7-9-27(21,28)4)13-20(30)23(32)18(16)14-29/h6-8,13-15,21,24,30,32-33H,9-12H2,1-5H3/t15-,21?,24-,25-,26-,27+,28-/m1/s1. The van der Waals surface area contributed by atoms with Gasteiger partial charge < -0.3 is 15.3 Å². The van der Waals surface area contributed by atoms with Crippen LogP contribution in [0.5, 0.6) is 11.5 Å². The van der Waals surface area contributed by atoms with Gasteiger partial charge in [0.05, 0.1) is 5.56 Å². The number of carbonyl (C=O) groups excluding carboxylic acids is 2. The molecule has 1 aromatic rings. The summed E-state index contributed by atoms with van der Waals surface area (Å²) in [7, 11) is 0. The number of allylic oxidation sites excluding steroid dienone is 3. The van der Waals surface area contributed by atoms with Crippen LogP contribution in [0.3, 0.4) is 0 Å². The van der Waals surface area contributed by atoms with Crippen LogP contribution in [0.2, 0.25) is 0 Å². The van der Waals surface area contributed by atoms with Crippen LogP contribution in [-0.2, 0) is 4.79 Å². The highest BCUT2D eigenvalue weighted by molar-refractivity contribution is 5.96. The third kappa shape index (κ3) is 2.42. The largest absolute Gasteiger partial charge is 0.504 e. The van der Waals surface area contributed by atoms with E-state index >= 15 is 0 Å². The van der Waals surface area contributed by atoms with Gasteiger partial charge in [-0.1, -0.05) is 52.8 Å². The molecule has 5 heteroatoms. The van der Waals surface area contributed by atoms with Crippen molar-refractivity contribution in [2.24, 2.45) is 33.5 Å². The topological polar surface area (TPSA) is 94.8 Å². The molecule has 0 aliphatic heterocycles. The van der Waals surface area contributed by atoms with Gasteiger partial charge in [0.2, 0.25) is 0 Å². The Morgan fingerprint density at radius 2 is 1.82 bits per heavy atom. The minimum Gasteiger partial charge on any atom is -0.504 e. The summed E-state index contributed by atoms with van der Waals surface area (Å²) in [5.74, 6) is -0.662. The number of phenolic OH excluding ortho intramolecular Hbond substituents is 2. The number of Topliss-reactive ketones (excluding diaryl/α,β-unsaturated/α-hetero) is 1. The smallest absolute Gasteiger partial charge is 0.168 e. The van der Waals surface area contributed by atoms with Crippen LogP contribution < -0.4 is 0 Å². The quantitative estimate of drug-likeness (QED) is 0.407. The van der Waals surface area contributed by atoms with E-state index in [1.54, 1.807) is 6.07 Å². The summed E-state index contributed by atoms with van der Waals surface area (Å²) in [5, 5.41) is 31.7. The van der Waals surface area contributed by atoms with Gasteiger partial charge in [0.25, 0.3) is 0 Å². The lowest BCUT2D eigenvalue weighted by atomic mass is 9.34. The SMILES string of the molecule is C[C@@H]1CC2[C@]3(C)CC=C4c5cc(O)c(O)c(C=O)c5C=C[C@@]4(C)[C@@]3(C)CC[C@@]2(C)[C@H](O)C1=O. The van der Waals surface area contributed by atoms with Crippen LogP contribution in [-0.4, -0.2) is 33.5 Å². The summed E-state index contributed by atoms with van der Waals surface area (Å²) in [5.41, 5.74) is 1.49. The van der Waals surface area contributed by atoms with Crippen molar-refractivity contribution in [2.75, 3.05) is 0 Å². The number of hydrogen-bond acceptors (Lipinski definition) is 5. The van der Waals surface area contributed by atoms with Crippen molar-refractivity contribution < 1.29 is 24.9 Å². The molecule has 4 aliphatic carbocycles. The number of carbonyl (C=O) groups is 2. The zero-order chi connectivity index (χ0) is 24.1. The van der Waals surface area contributed by atoms with E-state index in [2.05, 4.69) is 39.8 Å². The lowest BCUT2D eigenvalue weighted by molar-refractivity contribution is -0.202. The molecule has 5 nitrogen and oxygen atoms in total. The van der Waals surface area contributed by atoms with Gasteiger partial charge in [-0.15, -0.1) is 0 Å². The number of benzene rings is 1.